The van der Waals surface area contributed by atoms with Gasteiger partial charge in [-0.05, 0) is 41.0 Å². The second-order valence-corrected chi connectivity index (χ2v) is 8.70. The first-order valence-corrected chi connectivity index (χ1v) is 11.4. The van der Waals surface area contributed by atoms with Gasteiger partial charge in [-0.2, -0.15) is 0 Å². The van der Waals surface area contributed by atoms with E-state index in [2.05, 4.69) is 57.2 Å². The Morgan fingerprint density at radius 2 is 1.83 bits per heavy atom. The van der Waals surface area contributed by atoms with Gasteiger partial charge in [-0.3, -0.25) is 0 Å². The van der Waals surface area contributed by atoms with E-state index in [1.54, 1.807) is 30.0 Å². The van der Waals surface area contributed by atoms with Gasteiger partial charge in [0.2, 0.25) is 0 Å². The highest BCUT2D eigenvalue weighted by Gasteiger charge is 2.11. The molecule has 0 radical (unpaired) electrons. The van der Waals surface area contributed by atoms with Crippen molar-refractivity contribution in [2.45, 2.75) is 23.8 Å². The van der Waals surface area contributed by atoms with E-state index in [0.717, 1.165) is 29.6 Å². The third kappa shape index (κ3) is 4.91. The van der Waals surface area contributed by atoms with E-state index in [1.165, 1.54) is 16.3 Å². The number of halogens is 2. The number of aromatic nitrogens is 3. The Morgan fingerprint density at radius 1 is 1.00 bits per heavy atom. The van der Waals surface area contributed by atoms with E-state index in [-0.39, 0.29) is 0 Å². The van der Waals surface area contributed by atoms with E-state index in [1.807, 2.05) is 7.05 Å². The van der Waals surface area contributed by atoms with Crippen LogP contribution in [0.4, 0.5) is 0 Å². The smallest absolute Gasteiger partial charge is 0.191 e. The van der Waals surface area contributed by atoms with Gasteiger partial charge in [0.05, 0.1) is 11.6 Å². The van der Waals surface area contributed by atoms with E-state index in [0.29, 0.717) is 22.4 Å². The molecular weight excluding hydrogens is 437 g/mol. The lowest BCUT2D eigenvalue weighted by Crippen LogP contribution is -2.04. The Morgan fingerprint density at radius 3 is 2.70 bits per heavy atom. The molecule has 1 heterocycles. The summed E-state index contributed by atoms with van der Waals surface area (Å²) >= 11 is 13.8. The number of ether oxygens (including phenoxy) is 1. The molecule has 0 spiro atoms. The lowest BCUT2D eigenvalue weighted by atomic mass is 10.1. The van der Waals surface area contributed by atoms with Gasteiger partial charge in [-0.15, -0.1) is 10.2 Å². The fraction of sp³-hybridized carbons (Fsp3) is 0.217. The van der Waals surface area contributed by atoms with E-state index >= 15 is 0 Å². The second kappa shape index (κ2) is 9.73. The molecule has 0 amide bonds. The molecule has 4 aromatic rings. The van der Waals surface area contributed by atoms with Crippen LogP contribution < -0.4 is 4.74 Å². The van der Waals surface area contributed by atoms with Gasteiger partial charge >= 0.3 is 0 Å². The Labute approximate surface area is 190 Å². The molecule has 7 heteroatoms. The zero-order valence-corrected chi connectivity index (χ0v) is 18.8. The summed E-state index contributed by atoms with van der Waals surface area (Å²) in [6.07, 6.45) is 1.60. The monoisotopic (exact) mass is 457 g/mol. The highest BCUT2D eigenvalue weighted by Crippen LogP contribution is 2.28. The van der Waals surface area contributed by atoms with Crippen LogP contribution >= 0.6 is 35.0 Å². The van der Waals surface area contributed by atoms with Crippen molar-refractivity contribution in [3.05, 3.63) is 82.1 Å². The van der Waals surface area contributed by atoms with E-state index in [4.69, 9.17) is 27.9 Å². The summed E-state index contributed by atoms with van der Waals surface area (Å²) in [5.41, 5.74) is 1.30. The minimum Gasteiger partial charge on any atom is -0.492 e. The Kier molecular flexibility index (Phi) is 6.82. The van der Waals surface area contributed by atoms with Crippen LogP contribution in [0.2, 0.25) is 10.0 Å². The predicted octanol–water partition coefficient (Wildman–Crippen LogP) is 6.58. The third-order valence-electron chi connectivity index (χ3n) is 4.86. The van der Waals surface area contributed by atoms with Crippen LogP contribution in [0.3, 0.4) is 0 Å². The van der Waals surface area contributed by atoms with Crippen molar-refractivity contribution in [2.24, 2.45) is 7.05 Å². The largest absolute Gasteiger partial charge is 0.492 e. The first kappa shape index (κ1) is 21.0. The molecule has 3 aromatic carbocycles. The third-order valence-corrected chi connectivity index (χ3v) is 6.46. The molecule has 154 valence electrons. The number of benzene rings is 3. The first-order valence-electron chi connectivity index (χ1n) is 9.67. The van der Waals surface area contributed by atoms with Crippen molar-refractivity contribution in [1.82, 2.24) is 14.8 Å². The molecule has 0 saturated heterocycles. The zero-order chi connectivity index (χ0) is 20.9. The second-order valence-electron chi connectivity index (χ2n) is 6.91. The molecule has 0 fully saturated rings. The van der Waals surface area contributed by atoms with Gasteiger partial charge in [0.1, 0.15) is 11.6 Å². The van der Waals surface area contributed by atoms with Gasteiger partial charge in [0, 0.05) is 24.2 Å². The molecule has 4 nitrogen and oxygen atoms in total. The molecular formula is C23H21Cl2N3OS. The van der Waals surface area contributed by atoms with E-state index < -0.39 is 0 Å². The minimum absolute atomic E-state index is 0.522. The molecule has 0 saturated carbocycles. The Bertz CT molecular complexity index is 1160. The summed E-state index contributed by atoms with van der Waals surface area (Å²) in [5, 5.41) is 13.3. The fourth-order valence-electron chi connectivity index (χ4n) is 3.25. The number of nitrogens with zero attached hydrogens (tertiary/aromatic N) is 3. The quantitative estimate of drug-likeness (QED) is 0.221. The van der Waals surface area contributed by atoms with Gasteiger partial charge in [-0.1, -0.05) is 77.4 Å². The molecule has 0 unspecified atom stereocenters. The number of aryl methyl sites for hydroxylation is 1. The summed E-state index contributed by atoms with van der Waals surface area (Å²) in [5.74, 6) is 2.44. The van der Waals surface area contributed by atoms with Crippen LogP contribution in [0.1, 0.15) is 17.8 Å². The van der Waals surface area contributed by atoms with Crippen LogP contribution in [-0.2, 0) is 19.2 Å². The fourth-order valence-corrected chi connectivity index (χ4v) is 4.65. The highest BCUT2D eigenvalue weighted by atomic mass is 35.5. The number of rotatable bonds is 8. The van der Waals surface area contributed by atoms with Crippen molar-refractivity contribution >= 4 is 45.7 Å². The van der Waals surface area contributed by atoms with Crippen molar-refractivity contribution in [3.63, 3.8) is 0 Å². The Balaban J connectivity index is 1.32. The zero-order valence-electron chi connectivity index (χ0n) is 16.5. The van der Waals surface area contributed by atoms with Crippen LogP contribution in [0.5, 0.6) is 5.75 Å². The lowest BCUT2D eigenvalue weighted by Gasteiger charge is -2.08. The van der Waals surface area contributed by atoms with Crippen LogP contribution in [-0.4, -0.2) is 21.4 Å². The predicted molar refractivity (Wildman–Crippen MR) is 125 cm³/mol. The van der Waals surface area contributed by atoms with Gasteiger partial charge in [0.25, 0.3) is 0 Å². The van der Waals surface area contributed by atoms with Crippen molar-refractivity contribution in [3.8, 4) is 5.75 Å². The average molecular weight is 458 g/mol. The number of thioether (sulfide) groups is 1. The highest BCUT2D eigenvalue weighted by molar-refractivity contribution is 7.98. The molecule has 0 aliphatic heterocycles. The maximum absolute atomic E-state index is 6.14. The number of fused-ring (bicyclic) bond motifs is 1. The van der Waals surface area contributed by atoms with Crippen LogP contribution in [0.15, 0.2) is 65.8 Å². The molecule has 0 aliphatic carbocycles. The standard InChI is InChI=1S/C23H21Cl2N3OS/c1-28-22(10-5-13-29-21-12-11-18(24)14-20(21)25)26-27-23(28)30-15-17-8-4-7-16-6-2-3-9-19(16)17/h2-4,6-9,11-12,14H,5,10,13,15H2,1H3. The van der Waals surface area contributed by atoms with Crippen LogP contribution in [0.25, 0.3) is 10.8 Å². The topological polar surface area (TPSA) is 39.9 Å². The van der Waals surface area contributed by atoms with Gasteiger partial charge in [0.15, 0.2) is 5.16 Å². The maximum Gasteiger partial charge on any atom is 0.191 e. The van der Waals surface area contributed by atoms with Crippen LogP contribution in [0, 0.1) is 0 Å². The summed E-state index contributed by atoms with van der Waals surface area (Å²) in [6.45, 7) is 0.548. The first-order chi connectivity index (χ1) is 14.6. The normalized spacial score (nSPS) is 11.2. The summed E-state index contributed by atoms with van der Waals surface area (Å²) < 4.78 is 7.81. The molecule has 30 heavy (non-hydrogen) atoms. The number of hydrogen-bond donors (Lipinski definition) is 0. The van der Waals surface area contributed by atoms with Gasteiger partial charge < -0.3 is 9.30 Å². The summed E-state index contributed by atoms with van der Waals surface area (Å²) in [6, 6.07) is 20.1. The SMILES string of the molecule is Cn1c(CCCOc2ccc(Cl)cc2Cl)nnc1SCc1cccc2ccccc12. The van der Waals surface area contributed by atoms with Crippen molar-refractivity contribution in [1.29, 1.82) is 0 Å². The molecule has 4 rings (SSSR count). The lowest BCUT2D eigenvalue weighted by molar-refractivity contribution is 0.309. The van der Waals surface area contributed by atoms with Crippen molar-refractivity contribution in [2.75, 3.05) is 6.61 Å². The maximum atomic E-state index is 6.14. The molecule has 0 aliphatic rings. The van der Waals surface area contributed by atoms with Crippen molar-refractivity contribution < 1.29 is 4.74 Å². The Hall–Kier alpha value is -2.21. The minimum atomic E-state index is 0.522. The molecule has 0 N–H and O–H groups in total. The van der Waals surface area contributed by atoms with E-state index in [9.17, 15) is 0 Å². The molecule has 0 bridgehead atoms. The van der Waals surface area contributed by atoms with Gasteiger partial charge in [-0.25, -0.2) is 0 Å². The molecule has 0 atom stereocenters. The summed E-state index contributed by atoms with van der Waals surface area (Å²) in [7, 11) is 2.01. The summed E-state index contributed by atoms with van der Waals surface area (Å²) in [4.78, 5) is 0. The molecule has 1 aromatic heterocycles. The average Bonchev–Trinajstić information content (AvgIpc) is 3.10. The number of hydrogen-bond acceptors (Lipinski definition) is 4.